The molecule has 0 aliphatic carbocycles. The van der Waals surface area contributed by atoms with Gasteiger partial charge >= 0.3 is 5.97 Å². The third kappa shape index (κ3) is 5.51. The maximum atomic E-state index is 12.4. The molecule has 4 heteroatoms. The molecule has 20 heavy (non-hydrogen) atoms. The average molecular weight is 285 g/mol. The van der Waals surface area contributed by atoms with E-state index in [0.717, 1.165) is 0 Å². The van der Waals surface area contributed by atoms with Crippen LogP contribution in [0.1, 0.15) is 55.4 Å². The molecule has 0 aromatic heterocycles. The Hall–Kier alpha value is -1.06. The lowest BCUT2D eigenvalue weighted by Gasteiger charge is -2.32. The Morgan fingerprint density at radius 3 is 1.95 bits per heavy atom. The standard InChI is InChI=1S/C16H31NO3/c1-9-20-14(19)12(15(4,5)6)13(18)17-10-16(7,8)11(2)3/h11-12H,9-10H2,1-8H3,(H,17,18). The van der Waals surface area contributed by atoms with Crippen LogP contribution in [0.3, 0.4) is 0 Å². The van der Waals surface area contributed by atoms with Crippen LogP contribution in [0.5, 0.6) is 0 Å². The molecule has 0 aromatic rings. The second kappa shape index (κ2) is 7.09. The van der Waals surface area contributed by atoms with Crippen molar-refractivity contribution in [1.29, 1.82) is 0 Å². The molecule has 0 bridgehead atoms. The van der Waals surface area contributed by atoms with Gasteiger partial charge in [0.2, 0.25) is 5.91 Å². The van der Waals surface area contributed by atoms with Crippen LogP contribution >= 0.6 is 0 Å². The molecule has 0 aliphatic rings. The van der Waals surface area contributed by atoms with Crippen molar-refractivity contribution in [3.8, 4) is 0 Å². The Morgan fingerprint density at radius 2 is 1.60 bits per heavy atom. The maximum absolute atomic E-state index is 12.4. The number of amides is 1. The second-order valence-corrected chi connectivity index (χ2v) is 7.41. The summed E-state index contributed by atoms with van der Waals surface area (Å²) in [4.78, 5) is 24.4. The third-order valence-electron chi connectivity index (χ3n) is 3.93. The first-order valence-electron chi connectivity index (χ1n) is 7.37. The molecular formula is C16H31NO3. The summed E-state index contributed by atoms with van der Waals surface area (Å²) in [6.45, 7) is 16.7. The minimum Gasteiger partial charge on any atom is -0.465 e. The van der Waals surface area contributed by atoms with E-state index < -0.39 is 17.3 Å². The SMILES string of the molecule is CCOC(=O)C(C(=O)NCC(C)(C)C(C)C)C(C)(C)C. The van der Waals surface area contributed by atoms with Crippen LogP contribution in [0.25, 0.3) is 0 Å². The fourth-order valence-corrected chi connectivity index (χ4v) is 1.70. The lowest BCUT2D eigenvalue weighted by Crippen LogP contribution is -2.46. The summed E-state index contributed by atoms with van der Waals surface area (Å²) in [7, 11) is 0. The average Bonchev–Trinajstić information content (AvgIpc) is 2.24. The van der Waals surface area contributed by atoms with Gasteiger partial charge in [-0.05, 0) is 23.7 Å². The van der Waals surface area contributed by atoms with Gasteiger partial charge in [0.15, 0.2) is 0 Å². The molecule has 0 saturated carbocycles. The zero-order valence-corrected chi connectivity index (χ0v) is 14.3. The van der Waals surface area contributed by atoms with Gasteiger partial charge in [-0.25, -0.2) is 0 Å². The van der Waals surface area contributed by atoms with Crippen molar-refractivity contribution in [2.45, 2.75) is 55.4 Å². The van der Waals surface area contributed by atoms with Gasteiger partial charge in [-0.3, -0.25) is 9.59 Å². The van der Waals surface area contributed by atoms with E-state index in [9.17, 15) is 9.59 Å². The molecular weight excluding hydrogens is 254 g/mol. The molecule has 1 N–H and O–H groups in total. The zero-order valence-electron chi connectivity index (χ0n) is 14.3. The number of carbonyl (C=O) groups is 2. The summed E-state index contributed by atoms with van der Waals surface area (Å²) in [5.41, 5.74) is -0.467. The first-order chi connectivity index (χ1) is 8.93. The first-order valence-corrected chi connectivity index (χ1v) is 7.37. The molecule has 4 nitrogen and oxygen atoms in total. The van der Waals surface area contributed by atoms with Gasteiger partial charge in [0, 0.05) is 6.54 Å². The van der Waals surface area contributed by atoms with Crippen molar-refractivity contribution in [1.82, 2.24) is 5.32 Å². The zero-order chi connectivity index (χ0) is 16.1. The number of hydrogen-bond donors (Lipinski definition) is 1. The largest absolute Gasteiger partial charge is 0.465 e. The number of nitrogens with one attached hydrogen (secondary N) is 1. The molecule has 1 amide bonds. The van der Waals surface area contributed by atoms with E-state index in [1.54, 1.807) is 6.92 Å². The molecule has 0 rings (SSSR count). The van der Waals surface area contributed by atoms with E-state index in [0.29, 0.717) is 12.5 Å². The number of hydrogen-bond acceptors (Lipinski definition) is 3. The van der Waals surface area contributed by atoms with E-state index in [1.807, 2.05) is 20.8 Å². The van der Waals surface area contributed by atoms with Crippen LogP contribution in [-0.4, -0.2) is 25.0 Å². The molecule has 0 saturated heterocycles. The van der Waals surface area contributed by atoms with Crippen LogP contribution < -0.4 is 5.32 Å². The fourth-order valence-electron chi connectivity index (χ4n) is 1.70. The molecule has 1 unspecified atom stereocenters. The van der Waals surface area contributed by atoms with Gasteiger partial charge in [0.25, 0.3) is 0 Å². The van der Waals surface area contributed by atoms with Gasteiger partial charge < -0.3 is 10.1 Å². The number of ether oxygens (including phenoxy) is 1. The molecule has 118 valence electrons. The van der Waals surface area contributed by atoms with Crippen molar-refractivity contribution in [2.75, 3.05) is 13.2 Å². The smallest absolute Gasteiger partial charge is 0.319 e. The molecule has 0 radical (unpaired) electrons. The normalized spacial score (nSPS) is 14.1. The Morgan fingerprint density at radius 1 is 1.10 bits per heavy atom. The summed E-state index contributed by atoms with van der Waals surface area (Å²) >= 11 is 0. The van der Waals surface area contributed by atoms with Gasteiger partial charge in [0.05, 0.1) is 6.61 Å². The predicted molar refractivity (Wildman–Crippen MR) is 81.2 cm³/mol. The van der Waals surface area contributed by atoms with Crippen LogP contribution in [0.4, 0.5) is 0 Å². The monoisotopic (exact) mass is 285 g/mol. The Labute approximate surface area is 123 Å². The predicted octanol–water partition coefficient (Wildman–Crippen LogP) is 3.01. The minimum atomic E-state index is -0.773. The van der Waals surface area contributed by atoms with Crippen molar-refractivity contribution in [2.24, 2.45) is 22.7 Å². The van der Waals surface area contributed by atoms with Gasteiger partial charge in [-0.2, -0.15) is 0 Å². The van der Waals surface area contributed by atoms with E-state index in [-0.39, 0.29) is 17.9 Å². The Kier molecular flexibility index (Phi) is 6.72. The minimum absolute atomic E-state index is 0.00719. The molecule has 0 heterocycles. The topological polar surface area (TPSA) is 55.4 Å². The number of rotatable bonds is 6. The molecule has 0 aliphatic heterocycles. The van der Waals surface area contributed by atoms with Crippen LogP contribution in [0.15, 0.2) is 0 Å². The summed E-state index contributed by atoms with van der Waals surface area (Å²) in [5, 5.41) is 2.91. The molecule has 1 atom stereocenters. The van der Waals surface area contributed by atoms with Crippen molar-refractivity contribution >= 4 is 11.9 Å². The highest BCUT2D eigenvalue weighted by Gasteiger charge is 2.39. The van der Waals surface area contributed by atoms with Crippen LogP contribution in [-0.2, 0) is 14.3 Å². The highest BCUT2D eigenvalue weighted by Crippen LogP contribution is 2.29. The quantitative estimate of drug-likeness (QED) is 0.603. The van der Waals surface area contributed by atoms with Gasteiger partial charge in [-0.15, -0.1) is 0 Å². The lowest BCUT2D eigenvalue weighted by atomic mass is 9.78. The van der Waals surface area contributed by atoms with Gasteiger partial charge in [-0.1, -0.05) is 48.5 Å². The fraction of sp³-hybridized carbons (Fsp3) is 0.875. The summed E-state index contributed by atoms with van der Waals surface area (Å²) < 4.78 is 5.03. The van der Waals surface area contributed by atoms with E-state index in [4.69, 9.17) is 4.74 Å². The van der Waals surface area contributed by atoms with Crippen molar-refractivity contribution in [3.63, 3.8) is 0 Å². The van der Waals surface area contributed by atoms with Crippen molar-refractivity contribution in [3.05, 3.63) is 0 Å². The van der Waals surface area contributed by atoms with Crippen molar-refractivity contribution < 1.29 is 14.3 Å². The van der Waals surface area contributed by atoms with E-state index in [1.165, 1.54) is 0 Å². The van der Waals surface area contributed by atoms with Crippen LogP contribution in [0.2, 0.25) is 0 Å². The van der Waals surface area contributed by atoms with E-state index >= 15 is 0 Å². The first kappa shape index (κ1) is 18.9. The number of carbonyl (C=O) groups excluding carboxylic acids is 2. The second-order valence-electron chi connectivity index (χ2n) is 7.41. The summed E-state index contributed by atoms with van der Waals surface area (Å²) in [6, 6.07) is 0. The summed E-state index contributed by atoms with van der Waals surface area (Å²) in [6.07, 6.45) is 0. The Bertz CT molecular complexity index is 340. The third-order valence-corrected chi connectivity index (χ3v) is 3.93. The highest BCUT2D eigenvalue weighted by atomic mass is 16.5. The Balaban J connectivity index is 4.87. The highest BCUT2D eigenvalue weighted by molar-refractivity contribution is 5.98. The lowest BCUT2D eigenvalue weighted by molar-refractivity contribution is -0.156. The maximum Gasteiger partial charge on any atom is 0.319 e. The molecule has 0 spiro atoms. The van der Waals surface area contributed by atoms with Gasteiger partial charge in [0.1, 0.15) is 5.92 Å². The van der Waals surface area contributed by atoms with Crippen LogP contribution in [0, 0.1) is 22.7 Å². The van der Waals surface area contributed by atoms with E-state index in [2.05, 4.69) is 33.0 Å². The number of esters is 1. The molecule has 0 aromatic carbocycles. The summed E-state index contributed by atoms with van der Waals surface area (Å²) in [5.74, 6) is -1.02. The molecule has 0 fully saturated rings.